The summed E-state index contributed by atoms with van der Waals surface area (Å²) in [5.41, 5.74) is -2.15. The molecule has 15 nitrogen and oxygen atoms in total. The highest BCUT2D eigenvalue weighted by atomic mass is 16.7. The molecule has 0 aromatic heterocycles. The summed E-state index contributed by atoms with van der Waals surface area (Å²) in [5.74, 6) is -8.27. The minimum Gasteiger partial charge on any atom is -0.505 e. The third kappa shape index (κ3) is 8.21. The number of hydrogen-bond donors (Lipinski definition) is 7. The summed E-state index contributed by atoms with van der Waals surface area (Å²) in [6.07, 6.45) is -2.97. The first kappa shape index (κ1) is 43.2. The monoisotopic (exact) mass is 771 g/mol. The molecule has 1 aromatic carbocycles. The zero-order valence-electron chi connectivity index (χ0n) is 32.8. The number of rotatable bonds is 2. The number of aromatic hydroxyl groups is 1. The van der Waals surface area contributed by atoms with Crippen LogP contribution in [0.25, 0.3) is 5.57 Å². The highest BCUT2D eigenvalue weighted by Crippen LogP contribution is 2.53. The van der Waals surface area contributed by atoms with E-state index in [1.165, 1.54) is 54.5 Å². The highest BCUT2D eigenvalue weighted by Gasteiger charge is 2.47. The topological polar surface area (TPSA) is 239 Å². The number of fused-ring (bicyclic) bond motifs is 15. The van der Waals surface area contributed by atoms with Crippen LogP contribution < -0.4 is 10.1 Å². The quantitative estimate of drug-likeness (QED) is 0.130. The average molecular weight is 772 g/mol. The maximum Gasteiger partial charge on any atom is 0.313 e. The maximum absolute atomic E-state index is 14.0. The third-order valence-corrected chi connectivity index (χ3v) is 11.0. The zero-order valence-corrected chi connectivity index (χ0v) is 32.8. The number of anilines is 1. The number of aliphatic hydroxyl groups excluding tert-OH is 4. The lowest BCUT2D eigenvalue weighted by molar-refractivity contribution is -0.168. The molecular formula is C40H53NO14. The van der Waals surface area contributed by atoms with Gasteiger partial charge in [-0.3, -0.25) is 19.2 Å². The number of amides is 1. The van der Waals surface area contributed by atoms with Gasteiger partial charge >= 0.3 is 11.9 Å². The first-order chi connectivity index (χ1) is 25.6. The molecule has 0 spiro atoms. The van der Waals surface area contributed by atoms with Crippen LogP contribution in [0.4, 0.5) is 5.69 Å². The zero-order chi connectivity index (χ0) is 41.4. The Morgan fingerprint density at radius 1 is 0.909 bits per heavy atom. The van der Waals surface area contributed by atoms with Gasteiger partial charge in [0.2, 0.25) is 6.79 Å². The van der Waals surface area contributed by atoms with Gasteiger partial charge in [-0.15, -0.1) is 0 Å². The Balaban J connectivity index is 2.04. The SMILES string of the molecule is COC(=O)C1C(O)C(C)C(O)C(C)CC/C=C(\C)C(=O)Nc2c(C)c(OC(C)=O)c3c(c2O)C(=O)C(C)=C2OCOC(=C23)/C(C)=C/C(C)(O)C(O)C(C)C1O. The van der Waals surface area contributed by atoms with E-state index in [1.54, 1.807) is 13.0 Å². The maximum atomic E-state index is 14.0. The van der Waals surface area contributed by atoms with E-state index in [0.29, 0.717) is 6.42 Å². The number of carbonyl (C=O) groups excluding carboxylic acids is 4. The lowest BCUT2D eigenvalue weighted by atomic mass is 9.75. The van der Waals surface area contributed by atoms with Gasteiger partial charge in [-0.2, -0.15) is 0 Å². The molecule has 0 saturated carbocycles. The molecule has 55 heavy (non-hydrogen) atoms. The lowest BCUT2D eigenvalue weighted by Crippen LogP contribution is -2.53. The molecule has 0 saturated heterocycles. The van der Waals surface area contributed by atoms with E-state index in [1.807, 2.05) is 0 Å². The number of phenolic OH excluding ortho intramolecular Hbond substituents is 1. The van der Waals surface area contributed by atoms with Crippen LogP contribution in [0.3, 0.4) is 0 Å². The first-order valence-corrected chi connectivity index (χ1v) is 18.1. The fourth-order valence-corrected chi connectivity index (χ4v) is 7.58. The van der Waals surface area contributed by atoms with Crippen molar-refractivity contribution in [1.82, 2.24) is 0 Å². The minimum atomic E-state index is -2.16. The number of ether oxygens (including phenoxy) is 4. The van der Waals surface area contributed by atoms with Crippen molar-refractivity contribution in [3.05, 3.63) is 57.1 Å². The molecule has 9 atom stereocenters. The van der Waals surface area contributed by atoms with Crippen LogP contribution >= 0.6 is 0 Å². The van der Waals surface area contributed by atoms with Crippen molar-refractivity contribution >= 4 is 34.9 Å². The number of nitrogens with one attached hydrogen (secondary N) is 1. The molecule has 0 radical (unpaired) electrons. The molecule has 5 rings (SSSR count). The van der Waals surface area contributed by atoms with E-state index in [-0.39, 0.29) is 68.4 Å². The van der Waals surface area contributed by atoms with Crippen molar-refractivity contribution in [2.45, 2.75) is 105 Å². The molecular weight excluding hydrogens is 718 g/mol. The van der Waals surface area contributed by atoms with Gasteiger partial charge in [0.05, 0.1) is 48.3 Å². The van der Waals surface area contributed by atoms with Crippen LogP contribution in [0.15, 0.2) is 40.4 Å². The van der Waals surface area contributed by atoms with Crippen LogP contribution in [0.5, 0.6) is 11.5 Å². The number of Topliss-reactive ketones (excluding diaryl/α,β-unsaturated/α-hetero) is 1. The average Bonchev–Trinajstić information content (AvgIpc) is 3.13. The van der Waals surface area contributed by atoms with Gasteiger partial charge in [0.15, 0.2) is 11.5 Å². The molecule has 302 valence electrons. The van der Waals surface area contributed by atoms with Gasteiger partial charge in [-0.1, -0.05) is 26.8 Å². The standard InChI is InChI=1S/C40H53NO14/c1-16-12-11-13-17(2)38(49)41-28-19(4)36(55-23(8)42)24-25(33(28)47)31(45)21(6)35-26(24)34(53-15-54-35)18(3)14-40(9,51)37(48)22(7)32(46)27(39(50)52-10)30(44)20(5)29(16)43/h13-14,16,20,22,27,29-30,32,37,43-44,46-48,51H,11-12,15H2,1-10H3,(H,41,49)/b17-13+,18-14+. The molecule has 1 amide bonds. The van der Waals surface area contributed by atoms with E-state index < -0.39 is 89.9 Å². The van der Waals surface area contributed by atoms with Crippen molar-refractivity contribution in [2.24, 2.45) is 23.7 Å². The Hall–Kier alpha value is -4.54. The van der Waals surface area contributed by atoms with Crippen molar-refractivity contribution in [2.75, 3.05) is 19.2 Å². The molecule has 1 aliphatic carbocycles. The summed E-state index contributed by atoms with van der Waals surface area (Å²) >= 11 is 0. The second-order valence-corrected chi connectivity index (χ2v) is 15.0. The molecule has 1 aromatic rings. The van der Waals surface area contributed by atoms with Crippen LogP contribution in [-0.4, -0.2) is 98.2 Å². The second-order valence-electron chi connectivity index (χ2n) is 15.0. The summed E-state index contributed by atoms with van der Waals surface area (Å²) in [4.78, 5) is 53.1. The van der Waals surface area contributed by atoms with Crippen molar-refractivity contribution in [3.8, 4) is 11.5 Å². The molecule has 9 unspecified atom stereocenters. The van der Waals surface area contributed by atoms with E-state index in [9.17, 15) is 49.8 Å². The fourth-order valence-electron chi connectivity index (χ4n) is 7.58. The number of esters is 2. The van der Waals surface area contributed by atoms with Crippen LogP contribution in [0.1, 0.15) is 89.7 Å². The molecule has 4 bridgehead atoms. The smallest absolute Gasteiger partial charge is 0.313 e. The minimum absolute atomic E-state index is 0.0102. The van der Waals surface area contributed by atoms with Crippen molar-refractivity contribution in [1.29, 1.82) is 0 Å². The highest BCUT2D eigenvalue weighted by molar-refractivity contribution is 6.21. The number of ketones is 1. The second kappa shape index (κ2) is 16.7. The summed E-state index contributed by atoms with van der Waals surface area (Å²) < 4.78 is 22.3. The Labute approximate surface area is 319 Å². The normalized spacial score (nSPS) is 33.0. The Morgan fingerprint density at radius 2 is 1.51 bits per heavy atom. The fraction of sp³-hybridized carbons (Fsp3) is 0.550. The van der Waals surface area contributed by atoms with Gasteiger partial charge in [-0.05, 0) is 65.0 Å². The number of allylic oxidation sites excluding steroid dienone is 4. The Morgan fingerprint density at radius 3 is 2.11 bits per heavy atom. The van der Waals surface area contributed by atoms with Crippen LogP contribution in [0.2, 0.25) is 0 Å². The van der Waals surface area contributed by atoms with Gasteiger partial charge in [0.25, 0.3) is 5.91 Å². The Kier molecular flexibility index (Phi) is 13.1. The number of aliphatic hydroxyl groups is 5. The van der Waals surface area contributed by atoms with Crippen molar-refractivity contribution < 1.29 is 68.8 Å². The van der Waals surface area contributed by atoms with Crippen LogP contribution in [-0.2, 0) is 28.6 Å². The molecule has 4 aliphatic rings. The number of hydrogen-bond acceptors (Lipinski definition) is 14. The molecule has 0 fully saturated rings. The van der Waals surface area contributed by atoms with Gasteiger partial charge < -0.3 is 54.9 Å². The predicted octanol–water partition coefficient (Wildman–Crippen LogP) is 3.33. The third-order valence-electron chi connectivity index (χ3n) is 11.0. The van der Waals surface area contributed by atoms with Crippen molar-refractivity contribution in [3.63, 3.8) is 0 Å². The molecule has 7 N–H and O–H groups in total. The summed E-state index contributed by atoms with van der Waals surface area (Å²) in [7, 11) is 1.07. The predicted molar refractivity (Wildman–Crippen MR) is 198 cm³/mol. The van der Waals surface area contributed by atoms with Gasteiger partial charge in [-0.25, -0.2) is 0 Å². The summed E-state index contributed by atoms with van der Waals surface area (Å²) in [5, 5.41) is 71.9. The number of benzene rings is 1. The largest absolute Gasteiger partial charge is 0.505 e. The summed E-state index contributed by atoms with van der Waals surface area (Å²) in [6, 6.07) is 0. The number of carbonyl (C=O) groups is 4. The molecule has 3 heterocycles. The molecule has 3 aliphatic heterocycles. The Bertz CT molecular complexity index is 1870. The lowest BCUT2D eigenvalue weighted by Gasteiger charge is -2.39. The van der Waals surface area contributed by atoms with E-state index in [4.69, 9.17) is 18.9 Å². The van der Waals surface area contributed by atoms with Gasteiger partial charge in [0, 0.05) is 41.0 Å². The van der Waals surface area contributed by atoms with E-state index in [2.05, 4.69) is 5.32 Å². The number of methoxy groups -OCH3 is 1. The first-order valence-electron chi connectivity index (χ1n) is 18.1. The van der Waals surface area contributed by atoms with E-state index >= 15 is 0 Å². The van der Waals surface area contributed by atoms with E-state index in [0.717, 1.165) is 14.0 Å². The molecule has 15 heteroatoms. The number of phenols is 1. The summed E-state index contributed by atoms with van der Waals surface area (Å²) in [6.45, 7) is 12.6. The van der Waals surface area contributed by atoms with Crippen LogP contribution in [0, 0.1) is 30.6 Å². The van der Waals surface area contributed by atoms with Gasteiger partial charge in [0.1, 0.15) is 28.8 Å².